The number of pyridine rings is 1. The smallest absolute Gasteiger partial charge is 0.332 e. The van der Waals surface area contributed by atoms with Crippen LogP contribution in [0.2, 0.25) is 0 Å². The number of fused-ring (bicyclic) bond motifs is 1. The Hall–Kier alpha value is -2.09. The van der Waals surface area contributed by atoms with Crippen LogP contribution in [0.15, 0.2) is 26.8 Å². The number of nitrogens with one attached hydrogen (secondary N) is 1. The van der Waals surface area contributed by atoms with Crippen LogP contribution in [-0.2, 0) is 14.1 Å². The molecule has 3 heterocycles. The van der Waals surface area contributed by atoms with Gasteiger partial charge in [-0.3, -0.25) is 18.9 Å². The molecule has 0 fully saturated rings. The van der Waals surface area contributed by atoms with Crippen molar-refractivity contribution in [3.8, 4) is 0 Å². The van der Waals surface area contributed by atoms with Gasteiger partial charge in [0.25, 0.3) is 5.56 Å². The summed E-state index contributed by atoms with van der Waals surface area (Å²) in [4.78, 5) is 32.7. The summed E-state index contributed by atoms with van der Waals surface area (Å²) >= 11 is 1.60. The summed E-state index contributed by atoms with van der Waals surface area (Å²) in [6.45, 7) is 0.770. The lowest BCUT2D eigenvalue weighted by Crippen LogP contribution is -2.37. The van der Waals surface area contributed by atoms with E-state index in [2.05, 4.69) is 15.3 Å². The molecular weight excluding hydrogens is 278 g/mol. The SMILES string of the molecule is Cn1c(=O)c2c(NC3=NCCS3)ccnc2n(C)c1=O. The van der Waals surface area contributed by atoms with Crippen molar-refractivity contribution >= 4 is 33.7 Å². The molecule has 0 aromatic carbocycles. The zero-order valence-corrected chi connectivity index (χ0v) is 11.9. The number of hydrogen-bond donors (Lipinski definition) is 1. The van der Waals surface area contributed by atoms with Gasteiger partial charge in [-0.2, -0.15) is 0 Å². The van der Waals surface area contributed by atoms with E-state index in [1.807, 2.05) is 0 Å². The van der Waals surface area contributed by atoms with Crippen molar-refractivity contribution in [2.24, 2.45) is 19.1 Å². The second kappa shape index (κ2) is 4.78. The fourth-order valence-corrected chi connectivity index (χ4v) is 2.86. The molecule has 1 aliphatic heterocycles. The molecule has 1 N–H and O–H groups in total. The first kappa shape index (κ1) is 12.9. The van der Waals surface area contributed by atoms with Crippen molar-refractivity contribution in [3.63, 3.8) is 0 Å². The monoisotopic (exact) mass is 291 g/mol. The molecule has 0 bridgehead atoms. The van der Waals surface area contributed by atoms with Gasteiger partial charge in [0.15, 0.2) is 10.8 Å². The number of hydrogen-bond acceptors (Lipinski definition) is 6. The highest BCUT2D eigenvalue weighted by atomic mass is 32.2. The maximum absolute atomic E-state index is 12.3. The highest BCUT2D eigenvalue weighted by Crippen LogP contribution is 2.20. The molecule has 0 radical (unpaired) electrons. The molecule has 0 saturated heterocycles. The summed E-state index contributed by atoms with van der Waals surface area (Å²) in [5.74, 6) is 0.932. The van der Waals surface area contributed by atoms with E-state index in [0.717, 1.165) is 22.0 Å². The van der Waals surface area contributed by atoms with Gasteiger partial charge in [-0.15, -0.1) is 0 Å². The van der Waals surface area contributed by atoms with Gasteiger partial charge in [0.1, 0.15) is 5.39 Å². The van der Waals surface area contributed by atoms with Crippen molar-refractivity contribution in [1.29, 1.82) is 0 Å². The summed E-state index contributed by atoms with van der Waals surface area (Å²) < 4.78 is 2.45. The third-order valence-corrected chi connectivity index (χ3v) is 4.06. The van der Waals surface area contributed by atoms with E-state index in [-0.39, 0.29) is 11.2 Å². The van der Waals surface area contributed by atoms with Crippen LogP contribution in [0, 0.1) is 0 Å². The zero-order chi connectivity index (χ0) is 14.3. The molecule has 3 rings (SSSR count). The Kier molecular flexibility index (Phi) is 3.09. The normalized spacial score (nSPS) is 14.6. The Morgan fingerprint density at radius 3 is 2.80 bits per heavy atom. The predicted molar refractivity (Wildman–Crippen MR) is 80.6 cm³/mol. The molecule has 0 saturated carbocycles. The minimum atomic E-state index is -0.389. The maximum atomic E-state index is 12.3. The van der Waals surface area contributed by atoms with E-state index < -0.39 is 0 Å². The molecule has 7 nitrogen and oxygen atoms in total. The van der Waals surface area contributed by atoms with E-state index in [1.165, 1.54) is 11.6 Å². The van der Waals surface area contributed by atoms with Gasteiger partial charge < -0.3 is 5.32 Å². The van der Waals surface area contributed by atoms with Gasteiger partial charge in [0, 0.05) is 26.0 Å². The zero-order valence-electron chi connectivity index (χ0n) is 11.1. The first-order valence-electron chi connectivity index (χ1n) is 6.08. The molecule has 0 spiro atoms. The molecule has 104 valence electrons. The number of aliphatic imine (C=N–C) groups is 1. The number of anilines is 1. The van der Waals surface area contributed by atoms with Crippen LogP contribution in [0.5, 0.6) is 0 Å². The van der Waals surface area contributed by atoms with Crippen LogP contribution in [0.25, 0.3) is 11.0 Å². The molecule has 0 amide bonds. The lowest BCUT2D eigenvalue weighted by Gasteiger charge is -2.11. The first-order valence-corrected chi connectivity index (χ1v) is 7.07. The topological polar surface area (TPSA) is 81.3 Å². The molecule has 1 aliphatic rings. The van der Waals surface area contributed by atoms with Crippen LogP contribution < -0.4 is 16.6 Å². The molecule has 0 aliphatic carbocycles. The first-order chi connectivity index (χ1) is 9.59. The Bertz CT molecular complexity index is 836. The van der Waals surface area contributed by atoms with Crippen LogP contribution in [-0.4, -0.2) is 31.6 Å². The Morgan fingerprint density at radius 2 is 2.10 bits per heavy atom. The average Bonchev–Trinajstić information content (AvgIpc) is 2.95. The van der Waals surface area contributed by atoms with E-state index in [1.54, 1.807) is 31.1 Å². The second-order valence-corrected chi connectivity index (χ2v) is 5.51. The Balaban J connectivity index is 2.28. The van der Waals surface area contributed by atoms with E-state index in [0.29, 0.717) is 16.7 Å². The standard InChI is InChI=1S/C12H13N5O2S/c1-16-9-8(10(18)17(2)12(16)19)7(3-4-13-9)15-11-14-5-6-20-11/h3-4H,5-6H2,1-2H3,(H,13,14,15). The lowest BCUT2D eigenvalue weighted by molar-refractivity contribution is 0.708. The van der Waals surface area contributed by atoms with Crippen molar-refractivity contribution in [2.45, 2.75) is 0 Å². The van der Waals surface area contributed by atoms with E-state index in [4.69, 9.17) is 0 Å². The molecule has 0 unspecified atom stereocenters. The van der Waals surface area contributed by atoms with Gasteiger partial charge in [0.05, 0.1) is 12.2 Å². The second-order valence-electron chi connectivity index (χ2n) is 4.42. The molecular formula is C12H13N5O2S. The van der Waals surface area contributed by atoms with Gasteiger partial charge in [0.2, 0.25) is 0 Å². The number of nitrogens with zero attached hydrogens (tertiary/aromatic N) is 4. The van der Waals surface area contributed by atoms with Gasteiger partial charge >= 0.3 is 5.69 Å². The van der Waals surface area contributed by atoms with E-state index in [9.17, 15) is 9.59 Å². The molecule has 0 atom stereocenters. The number of thioether (sulfide) groups is 1. The largest absolute Gasteiger partial charge is 0.334 e. The van der Waals surface area contributed by atoms with Crippen LogP contribution in [0.1, 0.15) is 0 Å². The molecule has 2 aromatic rings. The quantitative estimate of drug-likeness (QED) is 0.808. The Morgan fingerprint density at radius 1 is 1.30 bits per heavy atom. The minimum Gasteiger partial charge on any atom is -0.334 e. The van der Waals surface area contributed by atoms with Crippen molar-refractivity contribution in [3.05, 3.63) is 33.1 Å². The fourth-order valence-electron chi connectivity index (χ4n) is 2.12. The summed E-state index contributed by atoms with van der Waals surface area (Å²) in [6, 6.07) is 1.72. The fraction of sp³-hybridized carbons (Fsp3) is 0.333. The minimum absolute atomic E-state index is 0.359. The average molecular weight is 291 g/mol. The molecule has 20 heavy (non-hydrogen) atoms. The van der Waals surface area contributed by atoms with Crippen LogP contribution in [0.3, 0.4) is 0 Å². The third kappa shape index (κ3) is 1.92. The number of rotatable bonds is 1. The Labute approximate surface area is 118 Å². The lowest BCUT2D eigenvalue weighted by atomic mass is 10.2. The summed E-state index contributed by atoms with van der Waals surface area (Å²) in [5.41, 5.74) is 0.244. The van der Waals surface area contributed by atoms with Crippen molar-refractivity contribution in [2.75, 3.05) is 17.6 Å². The van der Waals surface area contributed by atoms with Gasteiger partial charge in [-0.1, -0.05) is 11.8 Å². The number of amidine groups is 1. The predicted octanol–water partition coefficient (Wildman–Crippen LogP) is 0.147. The molecule has 8 heteroatoms. The maximum Gasteiger partial charge on any atom is 0.332 e. The summed E-state index contributed by atoms with van der Waals surface area (Å²) in [5, 5.41) is 4.32. The number of aryl methyl sites for hydroxylation is 1. The number of aromatic nitrogens is 3. The van der Waals surface area contributed by atoms with Crippen LogP contribution >= 0.6 is 11.8 Å². The summed E-state index contributed by atoms with van der Waals surface area (Å²) in [7, 11) is 3.06. The van der Waals surface area contributed by atoms with Crippen molar-refractivity contribution in [1.82, 2.24) is 14.1 Å². The van der Waals surface area contributed by atoms with Crippen molar-refractivity contribution < 1.29 is 0 Å². The molecule has 2 aromatic heterocycles. The van der Waals surface area contributed by atoms with Crippen LogP contribution in [0.4, 0.5) is 5.69 Å². The summed E-state index contributed by atoms with van der Waals surface area (Å²) in [6.07, 6.45) is 1.57. The van der Waals surface area contributed by atoms with Gasteiger partial charge in [-0.05, 0) is 6.07 Å². The van der Waals surface area contributed by atoms with Gasteiger partial charge in [-0.25, -0.2) is 9.78 Å². The highest BCUT2D eigenvalue weighted by molar-refractivity contribution is 8.14. The van der Waals surface area contributed by atoms with E-state index >= 15 is 0 Å². The highest BCUT2D eigenvalue weighted by Gasteiger charge is 2.15. The third-order valence-electron chi connectivity index (χ3n) is 3.17.